The van der Waals surface area contributed by atoms with E-state index in [1.165, 1.54) is 244 Å². The summed E-state index contributed by atoms with van der Waals surface area (Å²) < 4.78 is 16.9. The highest BCUT2D eigenvalue weighted by Gasteiger charge is 2.19. The lowest BCUT2D eigenvalue weighted by Gasteiger charge is -2.18. The first-order valence-electron chi connectivity index (χ1n) is 35.3. The van der Waals surface area contributed by atoms with Gasteiger partial charge >= 0.3 is 17.9 Å². The molecule has 0 radical (unpaired) electrons. The molecule has 0 saturated carbocycles. The summed E-state index contributed by atoms with van der Waals surface area (Å²) in [4.78, 5) is 38.2. The van der Waals surface area contributed by atoms with E-state index < -0.39 is 6.10 Å². The van der Waals surface area contributed by atoms with Crippen LogP contribution >= 0.6 is 0 Å². The fraction of sp³-hybridized carbons (Fsp3) is 0.824. The van der Waals surface area contributed by atoms with Crippen molar-refractivity contribution < 1.29 is 28.6 Å². The van der Waals surface area contributed by atoms with Gasteiger partial charge in [-0.1, -0.05) is 332 Å². The van der Waals surface area contributed by atoms with Gasteiger partial charge in [0.05, 0.1) is 0 Å². The fourth-order valence-electron chi connectivity index (χ4n) is 10.5. The predicted octanol–water partition coefficient (Wildman–Crippen LogP) is 24.3. The highest BCUT2D eigenvalue weighted by molar-refractivity contribution is 5.71. The summed E-state index contributed by atoms with van der Waals surface area (Å²) in [6, 6.07) is 0. The van der Waals surface area contributed by atoms with Crippen molar-refractivity contribution in [2.45, 2.75) is 380 Å². The molecule has 6 nitrogen and oxygen atoms in total. The molecule has 0 aromatic rings. The van der Waals surface area contributed by atoms with Gasteiger partial charge in [0.25, 0.3) is 0 Å². The van der Waals surface area contributed by atoms with Crippen molar-refractivity contribution >= 4 is 17.9 Å². The van der Waals surface area contributed by atoms with Crippen LogP contribution in [0.25, 0.3) is 0 Å². The second-order valence-electron chi connectivity index (χ2n) is 23.8. The lowest BCUT2D eigenvalue weighted by Crippen LogP contribution is -2.30. The molecule has 0 aromatic heterocycles. The molecule has 0 aliphatic heterocycles. The standard InChI is InChI=1S/C74H134O6/c1-4-7-10-13-16-19-21-23-25-27-29-31-32-33-34-35-36-37-38-39-40-41-42-44-45-47-49-51-53-55-58-61-64-67-73(76)79-70-71(69-78-72(75)66-63-60-57-18-15-12-9-6-3)80-74(77)68-65-62-59-56-54-52-50-48-46-43-30-28-26-24-22-20-17-14-11-8-5-2/h8,11,17,20,24,26-27,29-30,43,71H,4-7,9-10,12-16,18-19,21-23,25,28,31-42,44-70H2,1-3H3/b11-8-,20-17-,26-24-,29-27-,43-30-. The number of carbonyl (C=O) groups excluding carboxylic acids is 3. The van der Waals surface area contributed by atoms with Crippen LogP contribution in [0, 0.1) is 0 Å². The van der Waals surface area contributed by atoms with Crippen LogP contribution in [-0.2, 0) is 28.6 Å². The Morgan fingerprint density at radius 2 is 0.487 bits per heavy atom. The molecule has 0 rings (SSSR count). The van der Waals surface area contributed by atoms with Crippen LogP contribution in [0.15, 0.2) is 60.8 Å². The highest BCUT2D eigenvalue weighted by atomic mass is 16.6. The van der Waals surface area contributed by atoms with Gasteiger partial charge in [0, 0.05) is 19.3 Å². The zero-order valence-electron chi connectivity index (χ0n) is 53.6. The van der Waals surface area contributed by atoms with Gasteiger partial charge in [-0.2, -0.15) is 0 Å². The number of esters is 3. The van der Waals surface area contributed by atoms with E-state index in [2.05, 4.69) is 81.5 Å². The van der Waals surface area contributed by atoms with Crippen molar-refractivity contribution in [2.24, 2.45) is 0 Å². The SMILES string of the molecule is CC/C=C\C/C=C\C/C=C\C/C=C\CCCCCCCCCCC(=O)OC(COC(=O)CCCCCCCCCC)COC(=O)CCCCCCCCCCCCCCCCCCCCCCC/C=C\CCCCCCCCCC. The van der Waals surface area contributed by atoms with Crippen molar-refractivity contribution in [3.63, 3.8) is 0 Å². The van der Waals surface area contributed by atoms with Crippen molar-refractivity contribution in [1.29, 1.82) is 0 Å². The summed E-state index contributed by atoms with van der Waals surface area (Å²) in [5, 5.41) is 0. The Kier molecular flexibility index (Phi) is 66.1. The summed E-state index contributed by atoms with van der Waals surface area (Å²) in [5.74, 6) is -0.866. The van der Waals surface area contributed by atoms with Gasteiger partial charge in [-0.05, 0) is 83.5 Å². The molecule has 0 N–H and O–H groups in total. The number of hydrogen-bond acceptors (Lipinski definition) is 6. The average Bonchev–Trinajstić information content (AvgIpc) is 3.46. The number of ether oxygens (including phenoxy) is 3. The molecule has 0 amide bonds. The van der Waals surface area contributed by atoms with E-state index in [0.717, 1.165) is 89.9 Å². The summed E-state index contributed by atoms with van der Waals surface area (Å²) in [6.07, 6.45) is 88.6. The minimum atomic E-state index is -0.776. The maximum absolute atomic E-state index is 12.9. The normalized spacial score (nSPS) is 12.4. The van der Waals surface area contributed by atoms with Crippen LogP contribution < -0.4 is 0 Å². The first kappa shape index (κ1) is 77.1. The first-order valence-corrected chi connectivity index (χ1v) is 35.3. The van der Waals surface area contributed by atoms with Crippen LogP contribution in [0.4, 0.5) is 0 Å². The molecule has 0 aromatic carbocycles. The molecule has 80 heavy (non-hydrogen) atoms. The first-order chi connectivity index (χ1) is 39.5. The minimum absolute atomic E-state index is 0.0732. The second-order valence-corrected chi connectivity index (χ2v) is 23.8. The minimum Gasteiger partial charge on any atom is -0.462 e. The zero-order chi connectivity index (χ0) is 57.8. The Hall–Kier alpha value is -2.89. The Morgan fingerprint density at radius 3 is 0.775 bits per heavy atom. The van der Waals surface area contributed by atoms with E-state index in [-0.39, 0.29) is 31.1 Å². The van der Waals surface area contributed by atoms with Crippen LogP contribution in [0.5, 0.6) is 0 Å². The third-order valence-electron chi connectivity index (χ3n) is 15.8. The molecule has 0 fully saturated rings. The van der Waals surface area contributed by atoms with Crippen LogP contribution in [0.3, 0.4) is 0 Å². The predicted molar refractivity (Wildman–Crippen MR) is 348 cm³/mol. The lowest BCUT2D eigenvalue weighted by atomic mass is 10.0. The molecule has 6 heteroatoms. The topological polar surface area (TPSA) is 78.9 Å². The molecule has 1 atom stereocenters. The van der Waals surface area contributed by atoms with E-state index in [1.54, 1.807) is 0 Å². The molecule has 0 aliphatic carbocycles. The molecule has 0 saturated heterocycles. The van der Waals surface area contributed by atoms with Gasteiger partial charge in [-0.25, -0.2) is 0 Å². The lowest BCUT2D eigenvalue weighted by molar-refractivity contribution is -0.167. The fourth-order valence-corrected chi connectivity index (χ4v) is 10.5. The van der Waals surface area contributed by atoms with Gasteiger partial charge in [-0.3, -0.25) is 14.4 Å². The largest absolute Gasteiger partial charge is 0.462 e. The number of rotatable bonds is 65. The van der Waals surface area contributed by atoms with Crippen LogP contribution in [0.2, 0.25) is 0 Å². The number of allylic oxidation sites excluding steroid dienone is 10. The van der Waals surface area contributed by atoms with Crippen molar-refractivity contribution in [1.82, 2.24) is 0 Å². The second kappa shape index (κ2) is 68.6. The van der Waals surface area contributed by atoms with Crippen LogP contribution in [0.1, 0.15) is 374 Å². The maximum Gasteiger partial charge on any atom is 0.306 e. The van der Waals surface area contributed by atoms with E-state index in [9.17, 15) is 14.4 Å². The van der Waals surface area contributed by atoms with Gasteiger partial charge in [0.1, 0.15) is 13.2 Å². The molecule has 0 heterocycles. The number of hydrogen-bond donors (Lipinski definition) is 0. The summed E-state index contributed by atoms with van der Waals surface area (Å²) in [7, 11) is 0. The number of unbranched alkanes of at least 4 members (excludes halogenated alkanes) is 44. The summed E-state index contributed by atoms with van der Waals surface area (Å²) in [5.41, 5.74) is 0. The molecule has 1 unspecified atom stereocenters. The van der Waals surface area contributed by atoms with E-state index in [0.29, 0.717) is 19.3 Å². The van der Waals surface area contributed by atoms with Crippen molar-refractivity contribution in [2.75, 3.05) is 13.2 Å². The molecular formula is C74H134O6. The third-order valence-corrected chi connectivity index (χ3v) is 15.8. The molecular weight excluding hydrogens is 985 g/mol. The molecule has 466 valence electrons. The Labute approximate surface area is 498 Å². The Bertz CT molecular complexity index is 1430. The Morgan fingerprint density at radius 1 is 0.263 bits per heavy atom. The highest BCUT2D eigenvalue weighted by Crippen LogP contribution is 2.18. The van der Waals surface area contributed by atoms with E-state index >= 15 is 0 Å². The third kappa shape index (κ3) is 65.9. The number of carbonyl (C=O) groups is 3. The Balaban J connectivity index is 4.03. The molecule has 0 spiro atoms. The average molecular weight is 1120 g/mol. The molecule has 0 aliphatic rings. The van der Waals surface area contributed by atoms with Gasteiger partial charge in [0.2, 0.25) is 0 Å². The summed E-state index contributed by atoms with van der Waals surface area (Å²) >= 11 is 0. The zero-order valence-corrected chi connectivity index (χ0v) is 53.6. The van der Waals surface area contributed by atoms with Gasteiger partial charge < -0.3 is 14.2 Å². The quantitative estimate of drug-likeness (QED) is 0.0261. The van der Waals surface area contributed by atoms with Gasteiger partial charge in [-0.15, -0.1) is 0 Å². The van der Waals surface area contributed by atoms with Crippen molar-refractivity contribution in [3.8, 4) is 0 Å². The maximum atomic E-state index is 12.9. The monoisotopic (exact) mass is 1120 g/mol. The van der Waals surface area contributed by atoms with Crippen molar-refractivity contribution in [3.05, 3.63) is 60.8 Å². The summed E-state index contributed by atoms with van der Waals surface area (Å²) in [6.45, 7) is 6.54. The molecule has 0 bridgehead atoms. The van der Waals surface area contributed by atoms with Crippen LogP contribution in [-0.4, -0.2) is 37.2 Å². The van der Waals surface area contributed by atoms with E-state index in [4.69, 9.17) is 14.2 Å². The van der Waals surface area contributed by atoms with Gasteiger partial charge in [0.15, 0.2) is 6.10 Å². The smallest absolute Gasteiger partial charge is 0.306 e. The van der Waals surface area contributed by atoms with E-state index in [1.807, 2.05) is 0 Å².